The number of hydrogen-bond acceptors (Lipinski definition) is 4. The first-order valence-electron chi connectivity index (χ1n) is 4.62. The molecule has 1 aromatic carbocycles. The molecule has 0 unspecified atom stereocenters. The number of carbonyl (C=O) groups excluding carboxylic acids is 1. The van der Waals surface area contributed by atoms with Crippen LogP contribution in [-0.2, 0) is 11.2 Å². The number of carbonyl (C=O) groups is 1. The normalized spacial score (nSPS) is 11.4. The van der Waals surface area contributed by atoms with Gasteiger partial charge < -0.3 is 14.6 Å². The number of thiol groups is 1. The molecule has 5 heteroatoms. The third-order valence-electron chi connectivity index (χ3n) is 2.19. The summed E-state index contributed by atoms with van der Waals surface area (Å²) in [7, 11) is 1.59. The summed E-state index contributed by atoms with van der Waals surface area (Å²) in [6.45, 7) is 0. The maximum Gasteiger partial charge on any atom is 1.00 e. The fourth-order valence-corrected chi connectivity index (χ4v) is 1.55. The zero-order valence-electron chi connectivity index (χ0n) is 9.47. The van der Waals surface area contributed by atoms with Gasteiger partial charge in [0.1, 0.15) is 5.75 Å². The van der Waals surface area contributed by atoms with Crippen LogP contribution in [0.5, 0.6) is 5.75 Å². The Morgan fingerprint density at radius 1 is 1.44 bits per heavy atom. The van der Waals surface area contributed by atoms with Crippen molar-refractivity contribution in [2.24, 2.45) is 5.92 Å². The summed E-state index contributed by atoms with van der Waals surface area (Å²) in [6.07, 6.45) is 0.440. The molecular formula is C11H13NaO3S. The number of benzene rings is 1. The largest absolute Gasteiger partial charge is 1.00 e. The van der Waals surface area contributed by atoms with Gasteiger partial charge in [-0.1, -0.05) is 12.1 Å². The van der Waals surface area contributed by atoms with Gasteiger partial charge in [0.2, 0.25) is 0 Å². The van der Waals surface area contributed by atoms with Crippen molar-refractivity contribution < 1.29 is 44.2 Å². The van der Waals surface area contributed by atoms with E-state index in [9.17, 15) is 9.90 Å². The number of aliphatic carboxylic acids is 1. The summed E-state index contributed by atoms with van der Waals surface area (Å²) >= 11 is 3.98. The van der Waals surface area contributed by atoms with Crippen molar-refractivity contribution in [3.63, 3.8) is 0 Å². The fourth-order valence-electron chi connectivity index (χ4n) is 1.27. The topological polar surface area (TPSA) is 49.4 Å². The molecule has 0 saturated carbocycles. The Hall–Kier alpha value is -0.160. The predicted octanol–water partition coefficient (Wildman–Crippen LogP) is -2.46. The summed E-state index contributed by atoms with van der Waals surface area (Å²) in [4.78, 5) is 10.7. The summed E-state index contributed by atoms with van der Waals surface area (Å²) in [5.41, 5.74) is 0.944. The van der Waals surface area contributed by atoms with Gasteiger partial charge in [0.25, 0.3) is 0 Å². The van der Waals surface area contributed by atoms with Gasteiger partial charge >= 0.3 is 29.6 Å². The van der Waals surface area contributed by atoms with E-state index in [1.165, 1.54) is 0 Å². The van der Waals surface area contributed by atoms with E-state index in [4.69, 9.17) is 4.74 Å². The number of ether oxygens (including phenoxy) is 1. The summed E-state index contributed by atoms with van der Waals surface area (Å²) < 4.78 is 5.00. The van der Waals surface area contributed by atoms with E-state index in [0.717, 1.165) is 11.3 Å². The molecule has 1 aromatic rings. The summed E-state index contributed by atoms with van der Waals surface area (Å²) in [5.74, 6) is -0.550. The second-order valence-corrected chi connectivity index (χ2v) is 3.62. The van der Waals surface area contributed by atoms with Crippen molar-refractivity contribution in [3.8, 4) is 5.75 Å². The Bertz CT molecular complexity index is 327. The van der Waals surface area contributed by atoms with Crippen LogP contribution in [0.1, 0.15) is 5.56 Å². The van der Waals surface area contributed by atoms with Crippen molar-refractivity contribution in [1.82, 2.24) is 0 Å². The molecule has 0 saturated heterocycles. The van der Waals surface area contributed by atoms with E-state index in [2.05, 4.69) is 12.6 Å². The van der Waals surface area contributed by atoms with E-state index in [-0.39, 0.29) is 35.3 Å². The molecule has 0 aromatic heterocycles. The second kappa shape index (κ2) is 8.01. The minimum Gasteiger partial charge on any atom is -0.550 e. The van der Waals surface area contributed by atoms with Gasteiger partial charge in [0.15, 0.2) is 0 Å². The number of carboxylic acid groups (broad SMARTS) is 1. The minimum absolute atomic E-state index is 0. The molecule has 0 aliphatic heterocycles. The Morgan fingerprint density at radius 3 is 2.38 bits per heavy atom. The van der Waals surface area contributed by atoms with Crippen LogP contribution in [0.25, 0.3) is 0 Å². The SMILES string of the molecule is COc1ccc(C[C@H](CS)C(=O)[O-])cc1.[Na+]. The van der Waals surface area contributed by atoms with Gasteiger partial charge in [0.05, 0.1) is 7.11 Å². The number of hydrogen-bond donors (Lipinski definition) is 1. The Morgan fingerprint density at radius 2 is 2.00 bits per heavy atom. The third kappa shape index (κ3) is 4.78. The fraction of sp³-hybridized carbons (Fsp3) is 0.364. The predicted molar refractivity (Wildman–Crippen MR) is 59.0 cm³/mol. The molecule has 1 atom stereocenters. The monoisotopic (exact) mass is 248 g/mol. The quantitative estimate of drug-likeness (QED) is 0.464. The third-order valence-corrected chi connectivity index (χ3v) is 2.64. The first kappa shape index (κ1) is 15.8. The molecule has 0 fully saturated rings. The molecule has 0 spiro atoms. The second-order valence-electron chi connectivity index (χ2n) is 3.25. The molecule has 82 valence electrons. The van der Waals surface area contributed by atoms with Gasteiger partial charge in [-0.25, -0.2) is 0 Å². The molecular weight excluding hydrogens is 235 g/mol. The Balaban J connectivity index is 0.00000225. The molecule has 3 nitrogen and oxygen atoms in total. The average Bonchev–Trinajstić information content (AvgIpc) is 2.26. The van der Waals surface area contributed by atoms with Crippen LogP contribution in [-0.4, -0.2) is 18.8 Å². The van der Waals surface area contributed by atoms with E-state index < -0.39 is 11.9 Å². The number of carboxylic acids is 1. The van der Waals surface area contributed by atoms with Crippen LogP contribution in [0.15, 0.2) is 24.3 Å². The van der Waals surface area contributed by atoms with Crippen molar-refractivity contribution in [2.75, 3.05) is 12.9 Å². The molecule has 0 aliphatic rings. The number of rotatable bonds is 5. The van der Waals surface area contributed by atoms with E-state index in [0.29, 0.717) is 6.42 Å². The van der Waals surface area contributed by atoms with Crippen LogP contribution in [0.3, 0.4) is 0 Å². The first-order valence-corrected chi connectivity index (χ1v) is 5.25. The molecule has 0 amide bonds. The van der Waals surface area contributed by atoms with Gasteiger partial charge in [-0.15, -0.1) is 0 Å². The van der Waals surface area contributed by atoms with Crippen LogP contribution >= 0.6 is 12.6 Å². The maximum absolute atomic E-state index is 10.7. The van der Waals surface area contributed by atoms with Crippen LogP contribution in [0.4, 0.5) is 0 Å². The van der Waals surface area contributed by atoms with Gasteiger partial charge in [-0.3, -0.25) is 0 Å². The molecule has 0 aliphatic carbocycles. The van der Waals surface area contributed by atoms with Crippen LogP contribution < -0.4 is 39.4 Å². The van der Waals surface area contributed by atoms with E-state index >= 15 is 0 Å². The molecule has 1 rings (SSSR count). The van der Waals surface area contributed by atoms with Crippen LogP contribution in [0.2, 0.25) is 0 Å². The zero-order valence-corrected chi connectivity index (χ0v) is 12.4. The zero-order chi connectivity index (χ0) is 11.3. The molecule has 0 radical (unpaired) electrons. The van der Waals surface area contributed by atoms with E-state index in [1.807, 2.05) is 12.1 Å². The molecule has 0 bridgehead atoms. The van der Waals surface area contributed by atoms with Gasteiger partial charge in [-0.2, -0.15) is 12.6 Å². The van der Waals surface area contributed by atoms with Gasteiger partial charge in [0, 0.05) is 11.9 Å². The number of methoxy groups -OCH3 is 1. The average molecular weight is 248 g/mol. The minimum atomic E-state index is -1.05. The Kier molecular flexibility index (Phi) is 7.93. The smallest absolute Gasteiger partial charge is 0.550 e. The van der Waals surface area contributed by atoms with Crippen LogP contribution in [0, 0.1) is 5.92 Å². The molecule has 16 heavy (non-hydrogen) atoms. The van der Waals surface area contributed by atoms with E-state index in [1.54, 1.807) is 19.2 Å². The first-order chi connectivity index (χ1) is 7.17. The molecule has 0 heterocycles. The van der Waals surface area contributed by atoms with Gasteiger partial charge in [-0.05, 0) is 29.9 Å². The van der Waals surface area contributed by atoms with Crippen molar-refractivity contribution in [1.29, 1.82) is 0 Å². The van der Waals surface area contributed by atoms with Crippen molar-refractivity contribution >= 4 is 18.6 Å². The van der Waals surface area contributed by atoms with Crippen molar-refractivity contribution in [2.45, 2.75) is 6.42 Å². The van der Waals surface area contributed by atoms with Crippen molar-refractivity contribution in [3.05, 3.63) is 29.8 Å². The Labute approximate surface area is 123 Å². The summed E-state index contributed by atoms with van der Waals surface area (Å²) in [6, 6.07) is 7.30. The summed E-state index contributed by atoms with van der Waals surface area (Å²) in [5, 5.41) is 10.7. The maximum atomic E-state index is 10.7. The standard InChI is InChI=1S/C11H14O3S.Na/c1-14-10-4-2-8(3-5-10)6-9(7-15)11(12)13;/h2-5,9,15H,6-7H2,1H3,(H,12,13);/q;+1/p-1/t9-;/m1./s1. The molecule has 0 N–H and O–H groups in total.